The zero-order valence-electron chi connectivity index (χ0n) is 24.5. The molecule has 0 spiro atoms. The van der Waals surface area contributed by atoms with Crippen LogP contribution in [0.4, 0.5) is 19.7 Å². The Kier molecular flexibility index (Phi) is 11.2. The van der Waals surface area contributed by atoms with E-state index in [4.69, 9.17) is 10.5 Å². The molecule has 1 saturated heterocycles. The molecule has 11 nitrogen and oxygen atoms in total. The van der Waals surface area contributed by atoms with Gasteiger partial charge in [-0.25, -0.2) is 32.0 Å². The molecule has 1 aromatic carbocycles. The summed E-state index contributed by atoms with van der Waals surface area (Å²) in [6.45, 7) is 6.58. The number of ether oxygens (including phenoxy) is 1. The van der Waals surface area contributed by atoms with Crippen molar-refractivity contribution in [1.29, 1.82) is 0 Å². The number of hydrogen-bond acceptors (Lipinski definition) is 10. The Labute approximate surface area is 253 Å². The largest absolute Gasteiger partial charge is 0.494 e. The first-order chi connectivity index (χ1) is 20.1. The molecule has 0 radical (unpaired) electrons. The summed E-state index contributed by atoms with van der Waals surface area (Å²) in [6.07, 6.45) is 5.19. The van der Waals surface area contributed by atoms with Gasteiger partial charge in [0.05, 0.1) is 19.3 Å². The number of pyridine rings is 1. The lowest BCUT2D eigenvalue weighted by Crippen LogP contribution is -2.42. The minimum Gasteiger partial charge on any atom is -0.494 e. The first-order valence-corrected chi connectivity index (χ1v) is 16.4. The van der Waals surface area contributed by atoms with Gasteiger partial charge in [-0.2, -0.15) is 0 Å². The summed E-state index contributed by atoms with van der Waals surface area (Å²) in [5.41, 5.74) is 6.66. The summed E-state index contributed by atoms with van der Waals surface area (Å²) in [4.78, 5) is 34.1. The number of thiazole rings is 1. The number of fused-ring (bicyclic) bond motifs is 1. The van der Waals surface area contributed by atoms with Crippen molar-refractivity contribution in [3.05, 3.63) is 36.2 Å². The molecule has 3 aromatic rings. The van der Waals surface area contributed by atoms with Gasteiger partial charge in [0, 0.05) is 43.8 Å². The summed E-state index contributed by atoms with van der Waals surface area (Å²) in [7, 11) is -3.30. The summed E-state index contributed by atoms with van der Waals surface area (Å²) < 4.78 is 54.1. The summed E-state index contributed by atoms with van der Waals surface area (Å²) in [6, 6.07) is 4.50. The van der Waals surface area contributed by atoms with Gasteiger partial charge in [0.25, 0.3) is 5.92 Å². The highest BCUT2D eigenvalue weighted by Gasteiger charge is 2.39. The maximum absolute atomic E-state index is 12.9. The minimum absolute atomic E-state index is 0.109. The molecule has 43 heavy (non-hydrogen) atoms. The SMILES string of the molecule is CCOc1cc2c(N)nccc2cc1CC(C(=O)O)N(C=O)CCC(C)C.CS(=O)(=O)c1cnc(N2CCC(F)(F)C2)s1. The Balaban J connectivity index is 0.000000268. The number of rotatable bonds is 12. The molecule has 1 amide bonds. The Morgan fingerprint density at radius 3 is 2.58 bits per heavy atom. The number of carboxylic acids is 1. The Bertz CT molecular complexity index is 1530. The monoisotopic (exact) mass is 641 g/mol. The van der Waals surface area contributed by atoms with Gasteiger partial charge in [-0.3, -0.25) is 4.79 Å². The number of halogens is 2. The molecule has 0 aliphatic carbocycles. The van der Waals surface area contributed by atoms with E-state index in [1.54, 1.807) is 12.3 Å². The van der Waals surface area contributed by atoms with E-state index < -0.39 is 27.8 Å². The standard InChI is InChI=1S/C20H27N3O4.C8H10F2N2O2S2/c1-4-27-18-11-16-14(5-7-22-19(16)21)9-15(18)10-17(20(25)26)23(12-24)8-6-13(2)3;1-16(13,14)6-4-11-7(15-6)12-3-2-8(9,10)5-12/h5,7,9,11-13,17H,4,6,8,10H2,1-3H3,(H2,21,22)(H,25,26);4H,2-3,5H2,1H3. The lowest BCUT2D eigenvalue weighted by atomic mass is 9.99. The first-order valence-electron chi connectivity index (χ1n) is 13.7. The predicted molar refractivity (Wildman–Crippen MR) is 162 cm³/mol. The molecule has 3 N–H and O–H groups in total. The fraction of sp³-hybridized carbons (Fsp3) is 0.500. The van der Waals surface area contributed by atoms with Gasteiger partial charge in [-0.05, 0) is 48.4 Å². The summed E-state index contributed by atoms with van der Waals surface area (Å²) in [5.74, 6) is -2.41. The minimum atomic E-state index is -3.30. The van der Waals surface area contributed by atoms with Crippen LogP contribution in [0.2, 0.25) is 0 Å². The highest BCUT2D eigenvalue weighted by molar-refractivity contribution is 7.92. The van der Waals surface area contributed by atoms with Crippen LogP contribution in [-0.2, 0) is 25.8 Å². The Morgan fingerprint density at radius 1 is 1.33 bits per heavy atom. The van der Waals surface area contributed by atoms with Crippen molar-refractivity contribution < 1.29 is 36.6 Å². The van der Waals surface area contributed by atoms with Crippen molar-refractivity contribution in [2.24, 2.45) is 5.92 Å². The zero-order chi connectivity index (χ0) is 31.9. The van der Waals surface area contributed by atoms with E-state index in [1.807, 2.05) is 32.9 Å². The number of alkyl halides is 2. The molecule has 3 heterocycles. The number of amides is 1. The maximum Gasteiger partial charge on any atom is 0.326 e. The van der Waals surface area contributed by atoms with Gasteiger partial charge in [-0.15, -0.1) is 0 Å². The Hall–Kier alpha value is -3.59. The number of carbonyl (C=O) groups is 2. The molecule has 4 rings (SSSR count). The van der Waals surface area contributed by atoms with Gasteiger partial charge in [-0.1, -0.05) is 25.2 Å². The Morgan fingerprint density at radius 2 is 2.05 bits per heavy atom. The zero-order valence-corrected chi connectivity index (χ0v) is 26.1. The normalized spacial score (nSPS) is 15.2. The van der Waals surface area contributed by atoms with E-state index in [0.717, 1.165) is 40.3 Å². The van der Waals surface area contributed by atoms with Crippen LogP contribution in [0.1, 0.15) is 39.2 Å². The molecule has 0 bridgehead atoms. The number of nitrogen functional groups attached to an aromatic ring is 1. The van der Waals surface area contributed by atoms with Crippen LogP contribution in [0.25, 0.3) is 10.8 Å². The quantitative estimate of drug-likeness (QED) is 0.276. The number of anilines is 2. The first kappa shape index (κ1) is 33.9. The van der Waals surface area contributed by atoms with Crippen LogP contribution in [0.3, 0.4) is 0 Å². The van der Waals surface area contributed by atoms with Crippen molar-refractivity contribution in [2.75, 3.05) is 43.1 Å². The number of nitrogens with two attached hydrogens (primary N) is 1. The molecule has 236 valence electrons. The lowest BCUT2D eigenvalue weighted by molar-refractivity contribution is -0.146. The lowest BCUT2D eigenvalue weighted by Gasteiger charge is -2.26. The van der Waals surface area contributed by atoms with E-state index in [9.17, 15) is 31.9 Å². The molecular weight excluding hydrogens is 604 g/mol. The molecule has 2 aromatic heterocycles. The number of aliphatic carboxylic acids is 1. The van der Waals surface area contributed by atoms with E-state index in [2.05, 4.69) is 9.97 Å². The van der Waals surface area contributed by atoms with E-state index >= 15 is 0 Å². The topological polar surface area (TPSA) is 156 Å². The number of sulfone groups is 1. The van der Waals surface area contributed by atoms with Crippen LogP contribution in [-0.4, -0.2) is 85.2 Å². The van der Waals surface area contributed by atoms with Crippen LogP contribution in [0.15, 0.2) is 34.8 Å². The van der Waals surface area contributed by atoms with Crippen molar-refractivity contribution in [2.45, 2.75) is 56.2 Å². The van der Waals surface area contributed by atoms with Crippen molar-refractivity contribution in [3.63, 3.8) is 0 Å². The third-order valence-electron chi connectivity index (χ3n) is 6.75. The molecule has 0 saturated carbocycles. The highest BCUT2D eigenvalue weighted by atomic mass is 32.2. The van der Waals surface area contributed by atoms with Crippen molar-refractivity contribution in [1.82, 2.24) is 14.9 Å². The van der Waals surface area contributed by atoms with Crippen LogP contribution < -0.4 is 15.4 Å². The molecule has 1 atom stereocenters. The maximum atomic E-state index is 12.9. The smallest absolute Gasteiger partial charge is 0.326 e. The van der Waals surface area contributed by atoms with Crippen LogP contribution in [0, 0.1) is 5.92 Å². The third-order valence-corrected chi connectivity index (χ3v) is 9.60. The van der Waals surface area contributed by atoms with Gasteiger partial charge < -0.3 is 25.4 Å². The molecule has 1 aliphatic rings. The number of aromatic nitrogens is 2. The van der Waals surface area contributed by atoms with E-state index in [-0.39, 0.29) is 30.1 Å². The van der Waals surface area contributed by atoms with Crippen molar-refractivity contribution >= 4 is 55.3 Å². The average Bonchev–Trinajstić information content (AvgIpc) is 3.56. The number of carbonyl (C=O) groups excluding carboxylic acids is 1. The van der Waals surface area contributed by atoms with E-state index in [0.29, 0.717) is 42.2 Å². The number of nitrogens with zero attached hydrogens (tertiary/aromatic N) is 4. The summed E-state index contributed by atoms with van der Waals surface area (Å²) >= 11 is 0.931. The van der Waals surface area contributed by atoms with Gasteiger partial charge in [0.2, 0.25) is 6.41 Å². The second-order valence-electron chi connectivity index (χ2n) is 10.7. The fourth-order valence-electron chi connectivity index (χ4n) is 4.43. The van der Waals surface area contributed by atoms with Gasteiger partial charge in [0.1, 0.15) is 21.8 Å². The number of carboxylic acid groups (broad SMARTS) is 1. The van der Waals surface area contributed by atoms with Gasteiger partial charge >= 0.3 is 5.97 Å². The molecular formula is C28H37F2N5O6S2. The fourth-order valence-corrected chi connectivity index (χ4v) is 6.18. The molecule has 1 aliphatic heterocycles. The average molecular weight is 642 g/mol. The molecule has 1 fully saturated rings. The van der Waals surface area contributed by atoms with Crippen molar-refractivity contribution in [3.8, 4) is 5.75 Å². The summed E-state index contributed by atoms with van der Waals surface area (Å²) in [5, 5.41) is 11.7. The number of hydrogen-bond donors (Lipinski definition) is 2. The molecule has 1 unspecified atom stereocenters. The third kappa shape index (κ3) is 9.20. The number of benzene rings is 1. The second kappa shape index (κ2) is 14.3. The highest BCUT2D eigenvalue weighted by Crippen LogP contribution is 2.34. The van der Waals surface area contributed by atoms with Crippen LogP contribution >= 0.6 is 11.3 Å². The predicted octanol–water partition coefficient (Wildman–Crippen LogP) is 4.11. The van der Waals surface area contributed by atoms with Gasteiger partial charge in [0.15, 0.2) is 15.0 Å². The van der Waals surface area contributed by atoms with E-state index in [1.165, 1.54) is 16.0 Å². The molecule has 15 heteroatoms. The second-order valence-corrected chi connectivity index (χ2v) is 13.9. The van der Waals surface area contributed by atoms with Crippen LogP contribution in [0.5, 0.6) is 5.75 Å².